The summed E-state index contributed by atoms with van der Waals surface area (Å²) in [5.74, 6) is -0.0284. The maximum Gasteiger partial charge on any atom is 0.305 e. The standard InChI is InChI=1S/C59H117NO5/c1-3-5-7-9-11-13-15-17-18-19-21-24-28-31-35-39-43-47-51-57(62)56(55-61)60-58(63)52-48-44-40-36-32-29-25-22-20-23-26-30-34-38-42-46-50-54-65-59(64)53-49-45-41-37-33-27-16-14-12-10-8-6-4-2/h56-57,61-62H,3-55H2,1-2H3,(H,60,63). The van der Waals surface area contributed by atoms with Crippen LogP contribution in [0.2, 0.25) is 0 Å². The lowest BCUT2D eigenvalue weighted by molar-refractivity contribution is -0.143. The number of esters is 1. The van der Waals surface area contributed by atoms with Crippen LogP contribution in [-0.4, -0.2) is 47.4 Å². The summed E-state index contributed by atoms with van der Waals surface area (Å²) in [5, 5.41) is 23.3. The predicted molar refractivity (Wildman–Crippen MR) is 283 cm³/mol. The number of carbonyl (C=O) groups excluding carboxylic acids is 2. The van der Waals surface area contributed by atoms with Gasteiger partial charge in [-0.3, -0.25) is 9.59 Å². The molecule has 65 heavy (non-hydrogen) atoms. The highest BCUT2D eigenvalue weighted by atomic mass is 16.5. The molecular weight excluding hydrogens is 803 g/mol. The second-order valence-corrected chi connectivity index (χ2v) is 20.7. The van der Waals surface area contributed by atoms with Crippen LogP contribution in [0, 0.1) is 0 Å². The van der Waals surface area contributed by atoms with Crippen molar-refractivity contribution >= 4 is 11.9 Å². The van der Waals surface area contributed by atoms with Gasteiger partial charge in [0.25, 0.3) is 0 Å². The van der Waals surface area contributed by atoms with Gasteiger partial charge < -0.3 is 20.3 Å². The molecule has 0 aromatic rings. The number of carbonyl (C=O) groups is 2. The third kappa shape index (κ3) is 52.1. The van der Waals surface area contributed by atoms with Crippen molar-refractivity contribution < 1.29 is 24.5 Å². The molecule has 0 fully saturated rings. The van der Waals surface area contributed by atoms with E-state index < -0.39 is 12.1 Å². The molecule has 0 saturated carbocycles. The van der Waals surface area contributed by atoms with Gasteiger partial charge >= 0.3 is 5.97 Å². The lowest BCUT2D eigenvalue weighted by Gasteiger charge is -2.22. The maximum atomic E-state index is 12.5. The minimum atomic E-state index is -0.667. The van der Waals surface area contributed by atoms with E-state index in [0.29, 0.717) is 25.9 Å². The normalized spacial score (nSPS) is 12.5. The lowest BCUT2D eigenvalue weighted by atomic mass is 10.0. The summed E-state index contributed by atoms with van der Waals surface area (Å²) in [6, 6.07) is -0.544. The third-order valence-corrected chi connectivity index (χ3v) is 14.2. The Bertz CT molecular complexity index is 928. The first-order chi connectivity index (χ1) is 32.0. The first kappa shape index (κ1) is 63.9. The number of nitrogens with one attached hydrogen (secondary N) is 1. The van der Waals surface area contributed by atoms with Gasteiger partial charge in [0.15, 0.2) is 0 Å². The largest absolute Gasteiger partial charge is 0.466 e. The Morgan fingerprint density at radius 2 is 0.631 bits per heavy atom. The minimum Gasteiger partial charge on any atom is -0.466 e. The molecule has 0 rings (SSSR count). The van der Waals surface area contributed by atoms with Crippen molar-refractivity contribution in [2.45, 2.75) is 353 Å². The van der Waals surface area contributed by atoms with Gasteiger partial charge in [-0.25, -0.2) is 0 Å². The molecule has 2 unspecified atom stereocenters. The third-order valence-electron chi connectivity index (χ3n) is 14.2. The molecule has 0 spiro atoms. The topological polar surface area (TPSA) is 95.9 Å². The Hall–Kier alpha value is -1.14. The SMILES string of the molecule is CCCCCCCCCCCCCCCCCCCCC(O)C(CO)NC(=O)CCCCCCCCCCCCCCCCCCCOC(=O)CCCCCCCCCCCCCCC. The first-order valence-electron chi connectivity index (χ1n) is 29.8. The van der Waals surface area contributed by atoms with E-state index in [0.717, 1.165) is 38.5 Å². The number of ether oxygens (including phenoxy) is 1. The maximum absolute atomic E-state index is 12.5. The van der Waals surface area contributed by atoms with Crippen molar-refractivity contribution in [2.75, 3.05) is 13.2 Å². The molecule has 388 valence electrons. The number of aliphatic hydroxyl groups excluding tert-OH is 2. The highest BCUT2D eigenvalue weighted by Crippen LogP contribution is 2.18. The fourth-order valence-electron chi connectivity index (χ4n) is 9.58. The van der Waals surface area contributed by atoms with E-state index in [1.165, 1.54) is 270 Å². The Morgan fingerprint density at radius 3 is 0.938 bits per heavy atom. The molecule has 6 nitrogen and oxygen atoms in total. The Balaban J connectivity index is 3.40. The average molecular weight is 921 g/mol. The molecule has 0 aromatic carbocycles. The van der Waals surface area contributed by atoms with E-state index in [9.17, 15) is 19.8 Å². The smallest absolute Gasteiger partial charge is 0.305 e. The summed E-state index contributed by atoms with van der Waals surface area (Å²) in [5.41, 5.74) is 0. The van der Waals surface area contributed by atoms with Crippen molar-refractivity contribution in [3.05, 3.63) is 0 Å². The zero-order valence-electron chi connectivity index (χ0n) is 44.3. The quantitative estimate of drug-likeness (QED) is 0.0417. The highest BCUT2D eigenvalue weighted by Gasteiger charge is 2.20. The lowest BCUT2D eigenvalue weighted by Crippen LogP contribution is -2.45. The van der Waals surface area contributed by atoms with Gasteiger partial charge in [-0.15, -0.1) is 0 Å². The predicted octanol–water partition coefficient (Wildman–Crippen LogP) is 18.3. The van der Waals surface area contributed by atoms with E-state index in [1.54, 1.807) is 0 Å². The van der Waals surface area contributed by atoms with Crippen LogP contribution in [0.15, 0.2) is 0 Å². The fraction of sp³-hybridized carbons (Fsp3) is 0.966. The molecule has 6 heteroatoms. The zero-order valence-corrected chi connectivity index (χ0v) is 44.3. The molecule has 0 aromatic heterocycles. The monoisotopic (exact) mass is 920 g/mol. The molecule has 0 saturated heterocycles. The molecule has 0 bridgehead atoms. The summed E-state index contributed by atoms with van der Waals surface area (Å²) in [6.07, 6.45) is 63.8. The van der Waals surface area contributed by atoms with Crippen LogP contribution in [0.4, 0.5) is 0 Å². The number of hydrogen-bond acceptors (Lipinski definition) is 5. The molecule has 0 radical (unpaired) electrons. The van der Waals surface area contributed by atoms with E-state index in [4.69, 9.17) is 4.74 Å². The number of rotatable bonds is 56. The molecule has 2 atom stereocenters. The summed E-state index contributed by atoms with van der Waals surface area (Å²) >= 11 is 0. The minimum absolute atomic E-state index is 0.00804. The fourth-order valence-corrected chi connectivity index (χ4v) is 9.58. The van der Waals surface area contributed by atoms with Gasteiger partial charge in [0.1, 0.15) is 0 Å². The van der Waals surface area contributed by atoms with Crippen LogP contribution in [0.1, 0.15) is 341 Å². The van der Waals surface area contributed by atoms with Crippen LogP contribution < -0.4 is 5.32 Å². The van der Waals surface area contributed by atoms with Crippen LogP contribution in [0.25, 0.3) is 0 Å². The number of amides is 1. The summed E-state index contributed by atoms with van der Waals surface area (Å²) in [4.78, 5) is 24.5. The average Bonchev–Trinajstić information content (AvgIpc) is 3.31. The van der Waals surface area contributed by atoms with Gasteiger partial charge in [-0.1, -0.05) is 303 Å². The van der Waals surface area contributed by atoms with Crippen molar-refractivity contribution in [3.63, 3.8) is 0 Å². The molecule has 0 aliphatic heterocycles. The molecule has 1 amide bonds. The highest BCUT2D eigenvalue weighted by molar-refractivity contribution is 5.76. The van der Waals surface area contributed by atoms with Crippen LogP contribution in [0.3, 0.4) is 0 Å². The molecule has 0 aliphatic rings. The molecule has 0 aliphatic carbocycles. The van der Waals surface area contributed by atoms with Crippen LogP contribution in [0.5, 0.6) is 0 Å². The van der Waals surface area contributed by atoms with Crippen molar-refractivity contribution in [2.24, 2.45) is 0 Å². The molecule has 0 heterocycles. The Morgan fingerprint density at radius 1 is 0.369 bits per heavy atom. The van der Waals surface area contributed by atoms with E-state index in [-0.39, 0.29) is 18.5 Å². The van der Waals surface area contributed by atoms with Crippen molar-refractivity contribution in [1.82, 2.24) is 5.32 Å². The Labute approximate surface area is 406 Å². The van der Waals surface area contributed by atoms with E-state index in [1.807, 2.05) is 0 Å². The van der Waals surface area contributed by atoms with Gasteiger partial charge in [0.05, 0.1) is 25.4 Å². The second kappa shape index (κ2) is 55.5. The van der Waals surface area contributed by atoms with Gasteiger partial charge in [-0.2, -0.15) is 0 Å². The number of hydrogen-bond donors (Lipinski definition) is 3. The van der Waals surface area contributed by atoms with Gasteiger partial charge in [0.2, 0.25) is 5.91 Å². The Kier molecular flexibility index (Phi) is 54.5. The summed E-state index contributed by atoms with van der Waals surface area (Å²) < 4.78 is 5.47. The van der Waals surface area contributed by atoms with Gasteiger partial charge in [0, 0.05) is 12.8 Å². The van der Waals surface area contributed by atoms with Gasteiger partial charge in [-0.05, 0) is 25.7 Å². The number of unbranched alkanes of at least 4 members (excludes halogenated alkanes) is 45. The van der Waals surface area contributed by atoms with Crippen LogP contribution in [-0.2, 0) is 14.3 Å². The van der Waals surface area contributed by atoms with Crippen LogP contribution >= 0.6 is 0 Å². The number of aliphatic hydroxyl groups is 2. The summed E-state index contributed by atoms with van der Waals surface area (Å²) in [6.45, 7) is 4.97. The molecule has 3 N–H and O–H groups in total. The zero-order chi connectivity index (χ0) is 47.2. The van der Waals surface area contributed by atoms with E-state index in [2.05, 4.69) is 19.2 Å². The molecular formula is C59H117NO5. The summed E-state index contributed by atoms with van der Waals surface area (Å²) in [7, 11) is 0. The van der Waals surface area contributed by atoms with Crippen molar-refractivity contribution in [3.8, 4) is 0 Å². The van der Waals surface area contributed by atoms with E-state index >= 15 is 0 Å². The van der Waals surface area contributed by atoms with Crippen molar-refractivity contribution in [1.29, 1.82) is 0 Å². The first-order valence-corrected chi connectivity index (χ1v) is 29.8. The second-order valence-electron chi connectivity index (χ2n) is 20.7.